The normalized spacial score (nSPS) is 9.43. The molecule has 0 saturated heterocycles. The van der Waals surface area contributed by atoms with Gasteiger partial charge in [-0.3, -0.25) is 5.10 Å². The molecule has 0 unspecified atom stereocenters. The van der Waals surface area contributed by atoms with Crippen molar-refractivity contribution in [3.05, 3.63) is 24.3 Å². The molecule has 3 N–H and O–H groups in total. The highest BCUT2D eigenvalue weighted by atomic mass is 15.1. The summed E-state index contributed by atoms with van der Waals surface area (Å²) in [6.07, 6.45) is 2.77. The Morgan fingerprint density at radius 3 is 1.91 bits per heavy atom. The van der Waals surface area contributed by atoms with Crippen LogP contribution in [0.1, 0.15) is 5.69 Å². The summed E-state index contributed by atoms with van der Waals surface area (Å²) in [5, 5.41) is 6.58. The van der Waals surface area contributed by atoms with Crippen molar-refractivity contribution in [2.24, 2.45) is 0 Å². The Morgan fingerprint density at radius 1 is 1.00 bits per heavy atom. The summed E-state index contributed by atoms with van der Waals surface area (Å²) in [4.78, 5) is 7.98. The van der Waals surface area contributed by atoms with Crippen LogP contribution in [0.4, 0.5) is 5.95 Å². The molecule has 0 saturated carbocycles. The Bertz CT molecular complexity index is 572. The van der Waals surface area contributed by atoms with Gasteiger partial charge in [-0.15, -0.1) is 0 Å². The monoisotopic (exact) mass is 285 g/mol. The van der Waals surface area contributed by atoms with Crippen molar-refractivity contribution in [3.63, 3.8) is 0 Å². The van der Waals surface area contributed by atoms with Gasteiger partial charge in [0.2, 0.25) is 5.95 Å². The van der Waals surface area contributed by atoms with Crippen molar-refractivity contribution in [1.82, 2.24) is 20.2 Å². The van der Waals surface area contributed by atoms with Crippen LogP contribution >= 0.6 is 0 Å². The van der Waals surface area contributed by atoms with Crippen molar-refractivity contribution in [2.75, 3.05) is 5.73 Å². The van der Waals surface area contributed by atoms with E-state index in [1.807, 2.05) is 6.92 Å². The lowest BCUT2D eigenvalue weighted by molar-refractivity contribution is 1.09. The molecule has 2 rings (SSSR count). The maximum Gasteiger partial charge on any atom is 0.220 e. The van der Waals surface area contributed by atoms with Crippen molar-refractivity contribution in [3.8, 4) is 11.1 Å². The van der Waals surface area contributed by atoms with Crippen molar-refractivity contribution in [1.29, 1.82) is 0 Å². The Hall–Kier alpha value is -1.26. The van der Waals surface area contributed by atoms with Gasteiger partial charge in [0.1, 0.15) is 0 Å². The summed E-state index contributed by atoms with van der Waals surface area (Å²) >= 11 is 0. The number of H-pyrrole nitrogens is 1. The van der Waals surface area contributed by atoms with Crippen LogP contribution < -0.4 is 5.73 Å². The molecule has 0 amide bonds. The second-order valence-corrected chi connectivity index (χ2v) is 5.02. The van der Waals surface area contributed by atoms with Gasteiger partial charge in [0, 0.05) is 95.5 Å². The van der Waals surface area contributed by atoms with Crippen LogP contribution in [-0.4, -0.2) is 92.1 Å². The van der Waals surface area contributed by atoms with Crippen molar-refractivity contribution < 1.29 is 0 Å². The Kier molecular flexibility index (Phi) is 7.86. The standard InChI is InChI=1S/C8H9N5.B10/c1-5-7(4-10-8(9)13-5)6-2-11-12-3-6;1-7(2)10(8(3)4)9(5)6/h2-4H,1H3,(H,11,12)(H2,9,10,13);. The van der Waals surface area contributed by atoms with Crippen LogP contribution in [0.5, 0.6) is 0 Å². The minimum atomic E-state index is -0.667. The fourth-order valence-electron chi connectivity index (χ4n) is 1.94. The van der Waals surface area contributed by atoms with Crippen molar-refractivity contribution in [2.45, 2.75) is 6.92 Å². The highest BCUT2D eigenvalue weighted by Gasteiger charge is 2.24. The van der Waals surface area contributed by atoms with E-state index < -0.39 is 25.5 Å². The van der Waals surface area contributed by atoms with E-state index in [2.05, 4.69) is 20.2 Å². The number of hydrogen-bond acceptors (Lipinski definition) is 4. The molecule has 96 valence electrons. The van der Waals surface area contributed by atoms with Gasteiger partial charge in [-0.25, -0.2) is 9.97 Å². The molecule has 5 nitrogen and oxygen atoms in total. The molecular formula is C8H9B10N5. The van der Waals surface area contributed by atoms with E-state index in [4.69, 9.17) is 52.2 Å². The quantitative estimate of drug-likeness (QED) is 0.584. The van der Waals surface area contributed by atoms with Gasteiger partial charge in [0.15, 0.2) is 0 Å². The minimum Gasteiger partial charge on any atom is -0.368 e. The average molecular weight is 283 g/mol. The molecule has 23 heavy (non-hydrogen) atoms. The van der Waals surface area contributed by atoms with Crippen LogP contribution in [0.2, 0.25) is 0 Å². The van der Waals surface area contributed by atoms with E-state index in [-0.39, 0.29) is 0 Å². The smallest absolute Gasteiger partial charge is 0.220 e. The van der Waals surface area contributed by atoms with Gasteiger partial charge in [0.05, 0.1) is 11.9 Å². The fourth-order valence-corrected chi connectivity index (χ4v) is 1.94. The van der Waals surface area contributed by atoms with E-state index in [0.29, 0.717) is 5.95 Å². The fraction of sp³-hybridized carbons (Fsp3) is 0.125. The highest BCUT2D eigenvalue weighted by molar-refractivity contribution is 8.00. The molecule has 0 fully saturated rings. The predicted octanol–water partition coefficient (Wildman–Crippen LogP) is -3.05. The summed E-state index contributed by atoms with van der Waals surface area (Å²) in [5.74, 6) is 0.296. The molecule has 0 aliphatic carbocycles. The number of anilines is 1. The zero-order valence-electron chi connectivity index (χ0n) is 12.9. The molecule has 2 aromatic heterocycles. The lowest BCUT2D eigenvalue weighted by Gasteiger charge is -2.23. The molecule has 2 aromatic rings. The SMILES string of the molecule is Cc1nc(N)ncc1-c1cn[nH]c1.[B]B([B])B(B([B])[B])B([B])[B]. The molecule has 0 spiro atoms. The zero-order chi connectivity index (χ0) is 17.6. The molecule has 0 atom stereocenters. The molecule has 0 bridgehead atoms. The van der Waals surface area contributed by atoms with E-state index in [9.17, 15) is 0 Å². The number of nitrogens with two attached hydrogens (primary N) is 1. The van der Waals surface area contributed by atoms with Crippen LogP contribution in [0.15, 0.2) is 18.6 Å². The number of aromatic amines is 1. The summed E-state index contributed by atoms with van der Waals surface area (Å²) in [7, 11) is 31.8. The van der Waals surface area contributed by atoms with Crippen LogP contribution in [0.3, 0.4) is 0 Å². The zero-order valence-corrected chi connectivity index (χ0v) is 12.9. The van der Waals surface area contributed by atoms with E-state index in [1.54, 1.807) is 18.6 Å². The van der Waals surface area contributed by atoms with Gasteiger partial charge < -0.3 is 5.73 Å². The summed E-state index contributed by atoms with van der Waals surface area (Å²) in [6, 6.07) is 0. The summed E-state index contributed by atoms with van der Waals surface area (Å²) in [5.41, 5.74) is 8.21. The van der Waals surface area contributed by atoms with Crippen molar-refractivity contribution >= 4 is 77.9 Å². The molecule has 2 heterocycles. The third-order valence-corrected chi connectivity index (χ3v) is 3.14. The highest BCUT2D eigenvalue weighted by Crippen LogP contribution is 2.19. The number of nitrogen functional groups attached to an aromatic ring is 1. The second kappa shape index (κ2) is 9.14. The van der Waals surface area contributed by atoms with Crippen LogP contribution in [-0.2, 0) is 0 Å². The van der Waals surface area contributed by atoms with Crippen LogP contribution in [0, 0.1) is 6.92 Å². The maximum atomic E-state index is 5.44. The second-order valence-electron chi connectivity index (χ2n) is 5.02. The summed E-state index contributed by atoms with van der Waals surface area (Å²) < 4.78 is 0. The molecule has 15 heteroatoms. The van der Waals surface area contributed by atoms with Gasteiger partial charge in [-0.05, 0) is 6.92 Å². The van der Waals surface area contributed by atoms with Gasteiger partial charge in [-0.2, -0.15) is 5.10 Å². The number of aromatic nitrogens is 4. The van der Waals surface area contributed by atoms with Gasteiger partial charge in [0.25, 0.3) is 0 Å². The van der Waals surface area contributed by atoms with E-state index >= 15 is 0 Å². The topological polar surface area (TPSA) is 80.5 Å². The van der Waals surface area contributed by atoms with Gasteiger partial charge >= 0.3 is 0 Å². The molecular weight excluding hydrogens is 274 g/mol. The lowest BCUT2D eigenvalue weighted by atomic mass is 8.58. The predicted molar refractivity (Wildman–Crippen MR) is 106 cm³/mol. The number of nitrogens with one attached hydrogen (secondary N) is 1. The minimum absolute atomic E-state index is 0.296. The van der Waals surface area contributed by atoms with E-state index in [0.717, 1.165) is 16.8 Å². The molecule has 0 aliphatic rings. The average Bonchev–Trinajstić information content (AvgIpc) is 2.91. The first-order valence-corrected chi connectivity index (χ1v) is 6.85. The molecule has 0 aliphatic heterocycles. The Morgan fingerprint density at radius 2 is 1.57 bits per heavy atom. The number of rotatable bonds is 4. The van der Waals surface area contributed by atoms with Crippen LogP contribution in [0.25, 0.3) is 11.1 Å². The summed E-state index contributed by atoms with van der Waals surface area (Å²) in [6.45, 7) is 1.89. The maximum absolute atomic E-state index is 5.44. The number of aryl methyl sites for hydroxylation is 1. The third kappa shape index (κ3) is 6.03. The Balaban J connectivity index is 0.000000241. The number of nitrogens with zero attached hydrogens (tertiary/aromatic N) is 3. The van der Waals surface area contributed by atoms with E-state index in [1.165, 1.54) is 0 Å². The largest absolute Gasteiger partial charge is 0.368 e. The first-order valence-electron chi connectivity index (χ1n) is 6.85. The van der Waals surface area contributed by atoms with Gasteiger partial charge in [-0.1, -0.05) is 0 Å². The third-order valence-electron chi connectivity index (χ3n) is 3.14. The lowest BCUT2D eigenvalue weighted by Crippen LogP contribution is -2.62. The first kappa shape index (κ1) is 19.8. The molecule has 12 radical (unpaired) electrons. The first-order chi connectivity index (χ1) is 10.7. The number of hydrogen-bond donors (Lipinski definition) is 2. The molecule has 0 aromatic carbocycles. The Labute approximate surface area is 146 Å².